The number of ether oxygens (including phenoxy) is 1. The van der Waals surface area contributed by atoms with Gasteiger partial charge in [-0.05, 0) is 25.0 Å². The van der Waals surface area contributed by atoms with Crippen molar-refractivity contribution in [2.24, 2.45) is 5.84 Å². The van der Waals surface area contributed by atoms with E-state index in [4.69, 9.17) is 10.6 Å². The fraction of sp³-hybridized carbons (Fsp3) is 0.500. The van der Waals surface area contributed by atoms with Crippen molar-refractivity contribution in [2.75, 3.05) is 6.61 Å². The molecule has 15 heavy (non-hydrogen) atoms. The van der Waals surface area contributed by atoms with E-state index < -0.39 is 0 Å². The molecule has 0 aliphatic heterocycles. The van der Waals surface area contributed by atoms with E-state index in [1.807, 2.05) is 30.3 Å². The first-order valence-corrected chi connectivity index (χ1v) is 5.50. The molecule has 0 saturated heterocycles. The van der Waals surface area contributed by atoms with Gasteiger partial charge in [0.1, 0.15) is 5.75 Å². The SMILES string of the molecule is CCCC(CCOc1ccccc1)NN. The molecule has 0 fully saturated rings. The van der Waals surface area contributed by atoms with Gasteiger partial charge in [-0.15, -0.1) is 0 Å². The minimum Gasteiger partial charge on any atom is -0.494 e. The zero-order valence-electron chi connectivity index (χ0n) is 9.28. The number of hydrogen-bond acceptors (Lipinski definition) is 3. The summed E-state index contributed by atoms with van der Waals surface area (Å²) in [5, 5.41) is 0. The van der Waals surface area contributed by atoms with Gasteiger partial charge in [0.05, 0.1) is 6.61 Å². The summed E-state index contributed by atoms with van der Waals surface area (Å²) in [6, 6.07) is 10.2. The first-order chi connectivity index (χ1) is 7.36. The molecule has 1 aromatic carbocycles. The van der Waals surface area contributed by atoms with Crippen molar-refractivity contribution < 1.29 is 4.74 Å². The standard InChI is InChI=1S/C12H20N2O/c1-2-6-11(14-13)9-10-15-12-7-4-3-5-8-12/h3-5,7-8,11,14H,2,6,9-10,13H2,1H3. The fourth-order valence-electron chi connectivity index (χ4n) is 1.50. The molecule has 0 radical (unpaired) electrons. The minimum atomic E-state index is 0.360. The van der Waals surface area contributed by atoms with E-state index in [1.165, 1.54) is 0 Å². The van der Waals surface area contributed by atoms with E-state index in [0.717, 1.165) is 25.0 Å². The molecule has 1 atom stereocenters. The maximum absolute atomic E-state index is 5.59. The molecule has 0 aliphatic rings. The molecule has 3 nitrogen and oxygen atoms in total. The van der Waals surface area contributed by atoms with Gasteiger partial charge in [0.25, 0.3) is 0 Å². The van der Waals surface area contributed by atoms with Crippen molar-refractivity contribution in [3.63, 3.8) is 0 Å². The molecule has 0 bridgehead atoms. The molecule has 84 valence electrons. The summed E-state index contributed by atoms with van der Waals surface area (Å²) in [7, 11) is 0. The average Bonchev–Trinajstić information content (AvgIpc) is 2.29. The third-order valence-corrected chi connectivity index (χ3v) is 2.35. The Balaban J connectivity index is 2.20. The Morgan fingerprint density at radius 2 is 2.00 bits per heavy atom. The van der Waals surface area contributed by atoms with Gasteiger partial charge in [0.15, 0.2) is 0 Å². The number of para-hydroxylation sites is 1. The van der Waals surface area contributed by atoms with Crippen LogP contribution in [0, 0.1) is 0 Å². The van der Waals surface area contributed by atoms with Crippen LogP contribution in [0.5, 0.6) is 5.75 Å². The predicted molar refractivity (Wildman–Crippen MR) is 62.6 cm³/mol. The number of nitrogens with two attached hydrogens (primary N) is 1. The summed E-state index contributed by atoms with van der Waals surface area (Å²) in [4.78, 5) is 0. The summed E-state index contributed by atoms with van der Waals surface area (Å²) < 4.78 is 5.59. The Kier molecular flexibility index (Phi) is 5.81. The van der Waals surface area contributed by atoms with Gasteiger partial charge in [-0.25, -0.2) is 0 Å². The lowest BCUT2D eigenvalue weighted by molar-refractivity contribution is 0.281. The highest BCUT2D eigenvalue weighted by atomic mass is 16.5. The van der Waals surface area contributed by atoms with E-state index in [2.05, 4.69) is 12.3 Å². The van der Waals surface area contributed by atoms with Crippen LogP contribution in [0.25, 0.3) is 0 Å². The summed E-state index contributed by atoms with van der Waals surface area (Å²) in [6.45, 7) is 2.86. The Morgan fingerprint density at radius 1 is 1.27 bits per heavy atom. The molecule has 0 spiro atoms. The smallest absolute Gasteiger partial charge is 0.119 e. The largest absolute Gasteiger partial charge is 0.494 e. The van der Waals surface area contributed by atoms with Crippen LogP contribution >= 0.6 is 0 Å². The topological polar surface area (TPSA) is 47.3 Å². The highest BCUT2D eigenvalue weighted by molar-refractivity contribution is 5.20. The Labute approximate surface area is 91.6 Å². The third kappa shape index (κ3) is 4.81. The molecule has 3 heteroatoms. The van der Waals surface area contributed by atoms with Crippen LogP contribution in [0.3, 0.4) is 0 Å². The van der Waals surface area contributed by atoms with Crippen molar-refractivity contribution in [1.82, 2.24) is 5.43 Å². The van der Waals surface area contributed by atoms with Gasteiger partial charge in [0, 0.05) is 6.04 Å². The number of hydrazine groups is 1. The summed E-state index contributed by atoms with van der Waals surface area (Å²) in [6.07, 6.45) is 3.17. The molecule has 0 aliphatic carbocycles. The predicted octanol–water partition coefficient (Wildman–Crippen LogP) is 2.09. The second-order valence-corrected chi connectivity index (χ2v) is 3.60. The van der Waals surface area contributed by atoms with Crippen LogP contribution in [-0.4, -0.2) is 12.6 Å². The number of nitrogens with one attached hydrogen (secondary N) is 1. The molecule has 3 N–H and O–H groups in total. The molecule has 0 aromatic heterocycles. The van der Waals surface area contributed by atoms with Gasteiger partial charge in [0.2, 0.25) is 0 Å². The van der Waals surface area contributed by atoms with Gasteiger partial charge in [-0.2, -0.15) is 0 Å². The second kappa shape index (κ2) is 7.26. The first-order valence-electron chi connectivity index (χ1n) is 5.50. The quantitative estimate of drug-likeness (QED) is 0.533. The van der Waals surface area contributed by atoms with Crippen LogP contribution in [0.2, 0.25) is 0 Å². The van der Waals surface area contributed by atoms with Crippen molar-refractivity contribution in [3.8, 4) is 5.75 Å². The maximum Gasteiger partial charge on any atom is 0.119 e. The van der Waals surface area contributed by atoms with Crippen molar-refractivity contribution in [2.45, 2.75) is 32.2 Å². The Bertz CT molecular complexity index is 251. The first kappa shape index (κ1) is 12.0. The Morgan fingerprint density at radius 3 is 2.60 bits per heavy atom. The maximum atomic E-state index is 5.59. The van der Waals surface area contributed by atoms with Crippen molar-refractivity contribution >= 4 is 0 Å². The molecule has 0 saturated carbocycles. The molecular weight excluding hydrogens is 188 g/mol. The molecule has 1 rings (SSSR count). The number of rotatable bonds is 7. The lowest BCUT2D eigenvalue weighted by Crippen LogP contribution is -2.36. The minimum absolute atomic E-state index is 0.360. The van der Waals surface area contributed by atoms with Gasteiger partial charge >= 0.3 is 0 Å². The fourth-order valence-corrected chi connectivity index (χ4v) is 1.50. The molecule has 0 heterocycles. The van der Waals surface area contributed by atoms with Crippen LogP contribution in [0.1, 0.15) is 26.2 Å². The van der Waals surface area contributed by atoms with Crippen molar-refractivity contribution in [3.05, 3.63) is 30.3 Å². The number of hydrogen-bond donors (Lipinski definition) is 2. The van der Waals surface area contributed by atoms with E-state index in [1.54, 1.807) is 0 Å². The van der Waals surface area contributed by atoms with Gasteiger partial charge in [-0.1, -0.05) is 31.5 Å². The molecule has 1 unspecified atom stereocenters. The van der Waals surface area contributed by atoms with Gasteiger partial charge in [-0.3, -0.25) is 11.3 Å². The Hall–Kier alpha value is -1.06. The lowest BCUT2D eigenvalue weighted by Gasteiger charge is -2.15. The van der Waals surface area contributed by atoms with E-state index in [-0.39, 0.29) is 0 Å². The zero-order chi connectivity index (χ0) is 10.9. The summed E-state index contributed by atoms with van der Waals surface area (Å²) in [5.74, 6) is 6.35. The second-order valence-electron chi connectivity index (χ2n) is 3.60. The van der Waals surface area contributed by atoms with E-state index in [9.17, 15) is 0 Å². The van der Waals surface area contributed by atoms with Crippen LogP contribution < -0.4 is 16.0 Å². The third-order valence-electron chi connectivity index (χ3n) is 2.35. The van der Waals surface area contributed by atoms with Crippen LogP contribution in [-0.2, 0) is 0 Å². The lowest BCUT2D eigenvalue weighted by atomic mass is 10.1. The van der Waals surface area contributed by atoms with Crippen LogP contribution in [0.4, 0.5) is 0 Å². The molecule has 1 aromatic rings. The molecular formula is C12H20N2O. The highest BCUT2D eigenvalue weighted by Gasteiger charge is 2.04. The average molecular weight is 208 g/mol. The summed E-state index contributed by atoms with van der Waals surface area (Å²) in [5.41, 5.74) is 2.81. The van der Waals surface area contributed by atoms with Gasteiger partial charge < -0.3 is 4.74 Å². The molecule has 0 amide bonds. The number of benzene rings is 1. The monoisotopic (exact) mass is 208 g/mol. The van der Waals surface area contributed by atoms with E-state index >= 15 is 0 Å². The van der Waals surface area contributed by atoms with E-state index in [0.29, 0.717) is 12.6 Å². The van der Waals surface area contributed by atoms with Crippen LogP contribution in [0.15, 0.2) is 30.3 Å². The highest BCUT2D eigenvalue weighted by Crippen LogP contribution is 2.09. The zero-order valence-corrected chi connectivity index (χ0v) is 9.28. The van der Waals surface area contributed by atoms with Crippen molar-refractivity contribution in [1.29, 1.82) is 0 Å². The summed E-state index contributed by atoms with van der Waals surface area (Å²) >= 11 is 0. The normalized spacial score (nSPS) is 12.4.